The Kier molecular flexibility index (Phi) is 4.58. The first-order valence-corrected chi connectivity index (χ1v) is 6.00. The van der Waals surface area contributed by atoms with Gasteiger partial charge in [-0.2, -0.15) is 0 Å². The summed E-state index contributed by atoms with van der Waals surface area (Å²) >= 11 is 0. The fourth-order valence-corrected chi connectivity index (χ4v) is 2.24. The third-order valence-corrected chi connectivity index (χ3v) is 3.47. The smallest absolute Gasteiger partial charge is 0.303 e. The van der Waals surface area contributed by atoms with Gasteiger partial charge in [-0.1, -0.05) is 20.3 Å². The number of likely N-dealkylation sites (tertiary alicyclic amines) is 1. The molecule has 1 aliphatic rings. The number of piperidine rings is 1. The average molecular weight is 213 g/mol. The summed E-state index contributed by atoms with van der Waals surface area (Å²) in [7, 11) is 0. The zero-order chi connectivity index (χ0) is 11.3. The van der Waals surface area contributed by atoms with E-state index in [1.54, 1.807) is 0 Å². The van der Waals surface area contributed by atoms with Gasteiger partial charge in [-0.25, -0.2) is 0 Å². The fraction of sp³-hybridized carbons (Fsp3) is 0.917. The molecule has 0 radical (unpaired) electrons. The van der Waals surface area contributed by atoms with E-state index in [-0.39, 0.29) is 5.41 Å². The highest BCUT2D eigenvalue weighted by Gasteiger charge is 2.31. The summed E-state index contributed by atoms with van der Waals surface area (Å²) in [6.45, 7) is 7.64. The van der Waals surface area contributed by atoms with E-state index in [0.29, 0.717) is 6.42 Å². The first-order chi connectivity index (χ1) is 7.06. The molecule has 0 unspecified atom stereocenters. The number of carboxylic acids is 1. The summed E-state index contributed by atoms with van der Waals surface area (Å²) in [4.78, 5) is 13.2. The molecule has 0 aromatic heterocycles. The summed E-state index contributed by atoms with van der Waals surface area (Å²) in [6.07, 6.45) is 4.89. The minimum absolute atomic E-state index is 0.0363. The maximum atomic E-state index is 10.7. The lowest BCUT2D eigenvalue weighted by molar-refractivity contribution is -0.140. The van der Waals surface area contributed by atoms with Crippen LogP contribution in [-0.2, 0) is 4.79 Å². The van der Waals surface area contributed by atoms with Crippen molar-refractivity contribution in [2.24, 2.45) is 5.41 Å². The number of rotatable bonds is 5. The van der Waals surface area contributed by atoms with Gasteiger partial charge in [0.25, 0.3) is 0 Å². The Hall–Kier alpha value is -0.570. The molecular weight excluding hydrogens is 190 g/mol. The molecule has 1 aliphatic heterocycles. The molecule has 15 heavy (non-hydrogen) atoms. The molecule has 0 spiro atoms. The number of aliphatic carboxylic acids is 1. The van der Waals surface area contributed by atoms with E-state index in [1.165, 1.54) is 19.4 Å². The Balaban J connectivity index is 2.30. The number of hydrogen-bond acceptors (Lipinski definition) is 2. The number of carboxylic acid groups (broad SMARTS) is 1. The van der Waals surface area contributed by atoms with Crippen LogP contribution in [0.2, 0.25) is 0 Å². The topological polar surface area (TPSA) is 40.5 Å². The van der Waals surface area contributed by atoms with Crippen LogP contribution in [0.4, 0.5) is 0 Å². The van der Waals surface area contributed by atoms with Crippen LogP contribution in [0.5, 0.6) is 0 Å². The van der Waals surface area contributed by atoms with Gasteiger partial charge >= 0.3 is 5.97 Å². The van der Waals surface area contributed by atoms with E-state index in [0.717, 1.165) is 25.9 Å². The molecule has 0 amide bonds. The van der Waals surface area contributed by atoms with Crippen molar-refractivity contribution >= 4 is 5.97 Å². The highest BCUT2D eigenvalue weighted by molar-refractivity contribution is 5.67. The second kappa shape index (κ2) is 5.50. The molecule has 1 heterocycles. The van der Waals surface area contributed by atoms with Gasteiger partial charge in [0, 0.05) is 0 Å². The predicted octanol–water partition coefficient (Wildman–Crippen LogP) is 2.36. The van der Waals surface area contributed by atoms with Gasteiger partial charge in [0.1, 0.15) is 0 Å². The zero-order valence-electron chi connectivity index (χ0n) is 9.96. The van der Waals surface area contributed by atoms with Crippen molar-refractivity contribution in [3.8, 4) is 0 Å². The third kappa shape index (κ3) is 4.20. The monoisotopic (exact) mass is 213 g/mol. The molecule has 3 nitrogen and oxygen atoms in total. The molecule has 0 bridgehead atoms. The van der Waals surface area contributed by atoms with Crippen molar-refractivity contribution in [1.82, 2.24) is 4.90 Å². The summed E-state index contributed by atoms with van der Waals surface area (Å²) in [5, 5.41) is 8.82. The summed E-state index contributed by atoms with van der Waals surface area (Å²) in [6, 6.07) is 0. The van der Waals surface area contributed by atoms with E-state index in [4.69, 9.17) is 5.11 Å². The maximum absolute atomic E-state index is 10.7. The van der Waals surface area contributed by atoms with Crippen molar-refractivity contribution in [3.63, 3.8) is 0 Å². The van der Waals surface area contributed by atoms with Crippen molar-refractivity contribution in [2.75, 3.05) is 19.6 Å². The lowest BCUT2D eigenvalue weighted by Crippen LogP contribution is -2.40. The van der Waals surface area contributed by atoms with E-state index < -0.39 is 5.97 Å². The number of nitrogens with zero attached hydrogens (tertiary/aromatic N) is 1. The van der Waals surface area contributed by atoms with Gasteiger partial charge in [0.2, 0.25) is 0 Å². The van der Waals surface area contributed by atoms with Gasteiger partial charge in [-0.05, 0) is 44.3 Å². The van der Waals surface area contributed by atoms with Gasteiger partial charge < -0.3 is 10.0 Å². The molecule has 1 rings (SSSR count). The summed E-state index contributed by atoms with van der Waals surface area (Å²) < 4.78 is 0. The molecule has 88 valence electrons. The lowest BCUT2D eigenvalue weighted by atomic mass is 9.77. The van der Waals surface area contributed by atoms with Crippen LogP contribution >= 0.6 is 0 Å². The van der Waals surface area contributed by atoms with Crippen molar-refractivity contribution in [2.45, 2.75) is 46.0 Å². The largest absolute Gasteiger partial charge is 0.481 e. The van der Waals surface area contributed by atoms with E-state index in [1.807, 2.05) is 0 Å². The second-order valence-electron chi connectivity index (χ2n) is 5.08. The molecule has 0 aromatic rings. The third-order valence-electron chi connectivity index (χ3n) is 3.47. The number of hydrogen-bond donors (Lipinski definition) is 1. The Bertz CT molecular complexity index is 208. The van der Waals surface area contributed by atoms with Crippen LogP contribution in [0.3, 0.4) is 0 Å². The Labute approximate surface area is 92.5 Å². The molecule has 0 aliphatic carbocycles. The Morgan fingerprint density at radius 2 is 2.00 bits per heavy atom. The molecule has 0 atom stereocenters. The fourth-order valence-electron chi connectivity index (χ4n) is 2.24. The first-order valence-electron chi connectivity index (χ1n) is 6.00. The zero-order valence-corrected chi connectivity index (χ0v) is 9.96. The van der Waals surface area contributed by atoms with E-state index >= 15 is 0 Å². The van der Waals surface area contributed by atoms with E-state index in [2.05, 4.69) is 18.7 Å². The maximum Gasteiger partial charge on any atom is 0.303 e. The average Bonchev–Trinajstić information content (AvgIpc) is 2.15. The van der Waals surface area contributed by atoms with Gasteiger partial charge in [-0.15, -0.1) is 0 Å². The quantitative estimate of drug-likeness (QED) is 0.762. The van der Waals surface area contributed by atoms with E-state index in [9.17, 15) is 4.79 Å². The predicted molar refractivity (Wildman–Crippen MR) is 60.9 cm³/mol. The van der Waals surface area contributed by atoms with Crippen LogP contribution in [0.25, 0.3) is 0 Å². The van der Waals surface area contributed by atoms with Crippen LogP contribution in [0.1, 0.15) is 46.0 Å². The normalized spacial score (nSPS) is 21.5. The molecular formula is C12H23NO2. The van der Waals surface area contributed by atoms with Crippen LogP contribution < -0.4 is 0 Å². The highest BCUT2D eigenvalue weighted by atomic mass is 16.4. The molecule has 1 fully saturated rings. The van der Waals surface area contributed by atoms with Gasteiger partial charge in [0.05, 0.1) is 6.42 Å². The van der Waals surface area contributed by atoms with Crippen LogP contribution in [0.15, 0.2) is 0 Å². The van der Waals surface area contributed by atoms with Crippen molar-refractivity contribution < 1.29 is 9.90 Å². The van der Waals surface area contributed by atoms with Gasteiger partial charge in [0.15, 0.2) is 0 Å². The second-order valence-corrected chi connectivity index (χ2v) is 5.08. The Morgan fingerprint density at radius 1 is 1.40 bits per heavy atom. The Morgan fingerprint density at radius 3 is 2.47 bits per heavy atom. The van der Waals surface area contributed by atoms with Crippen molar-refractivity contribution in [1.29, 1.82) is 0 Å². The molecule has 1 N–H and O–H groups in total. The number of unbranched alkanes of at least 4 members (excludes halogenated alkanes) is 1. The lowest BCUT2D eigenvalue weighted by Gasteiger charge is -2.38. The molecule has 1 saturated heterocycles. The minimum atomic E-state index is -0.653. The van der Waals surface area contributed by atoms with Crippen molar-refractivity contribution in [3.05, 3.63) is 0 Å². The first kappa shape index (κ1) is 12.5. The van der Waals surface area contributed by atoms with Gasteiger partial charge in [-0.3, -0.25) is 4.79 Å². The standard InChI is InChI=1S/C12H23NO2/c1-3-4-7-13-8-5-12(2,6-9-13)10-11(14)15/h3-10H2,1-2H3,(H,14,15). The van der Waals surface area contributed by atoms with Crippen LogP contribution in [-0.4, -0.2) is 35.6 Å². The highest BCUT2D eigenvalue weighted by Crippen LogP contribution is 2.34. The minimum Gasteiger partial charge on any atom is -0.481 e. The number of carbonyl (C=O) groups is 1. The summed E-state index contributed by atoms with van der Waals surface area (Å²) in [5.74, 6) is -0.653. The van der Waals surface area contributed by atoms with Crippen LogP contribution in [0, 0.1) is 5.41 Å². The molecule has 3 heteroatoms. The molecule has 0 saturated carbocycles. The summed E-state index contributed by atoms with van der Waals surface area (Å²) in [5.41, 5.74) is 0.0363. The SMILES string of the molecule is CCCCN1CCC(C)(CC(=O)O)CC1. The molecule has 0 aromatic carbocycles.